The molecule has 2 saturated carbocycles. The molecule has 2 fully saturated rings. The van der Waals surface area contributed by atoms with Crippen LogP contribution in [0.15, 0.2) is 12.1 Å². The summed E-state index contributed by atoms with van der Waals surface area (Å²) in [7, 11) is 0. The Bertz CT molecular complexity index is 708. The summed E-state index contributed by atoms with van der Waals surface area (Å²) in [6.45, 7) is 2.14. The number of aryl methyl sites for hydroxylation is 1. The highest BCUT2D eigenvalue weighted by Crippen LogP contribution is 2.59. The van der Waals surface area contributed by atoms with E-state index in [4.69, 9.17) is 0 Å². The van der Waals surface area contributed by atoms with Crippen molar-refractivity contribution in [2.75, 3.05) is 0 Å². The predicted octanol–water partition coefficient (Wildman–Crippen LogP) is 3.52. The Hall–Kier alpha value is -1.84. The molecule has 0 saturated heterocycles. The fourth-order valence-corrected chi connectivity index (χ4v) is 5.55. The van der Waals surface area contributed by atoms with Crippen LogP contribution < -0.4 is 0 Å². The monoisotopic (exact) mass is 314 g/mol. The van der Waals surface area contributed by atoms with Crippen LogP contribution in [0.4, 0.5) is 0 Å². The number of carboxylic acid groups (broad SMARTS) is 1. The molecule has 0 radical (unpaired) electrons. The number of Topliss-reactive ketones (excluding diaryl/α,β-unsaturated/α-hetero) is 1. The normalized spacial score (nSPS) is 35.3. The molecule has 4 atom stereocenters. The van der Waals surface area contributed by atoms with Crippen LogP contribution in [-0.2, 0) is 11.2 Å². The molecule has 4 nitrogen and oxygen atoms in total. The molecule has 2 N–H and O–H groups in total. The number of aromatic hydroxyl groups is 1. The zero-order chi connectivity index (χ0) is 16.4. The number of carbonyl (C=O) groups excluding carboxylic acids is 1. The third kappa shape index (κ3) is 1.97. The highest BCUT2D eigenvalue weighted by atomic mass is 16.4. The zero-order valence-electron chi connectivity index (χ0n) is 13.3. The van der Waals surface area contributed by atoms with Gasteiger partial charge in [0.05, 0.1) is 0 Å². The standard InChI is InChI=1S/C19H22O4/c1-19-7-6-11-12(15(19)4-5-17(19)21)3-2-10-8-14(18(22)23)16(20)9-13(10)11/h8-9,11-12,15,20H,2-7H2,1H3,(H,22,23). The molecule has 0 bridgehead atoms. The van der Waals surface area contributed by atoms with Crippen LogP contribution in [0.1, 0.15) is 66.4 Å². The second-order valence-corrected chi connectivity index (χ2v) is 7.71. The van der Waals surface area contributed by atoms with E-state index in [2.05, 4.69) is 6.92 Å². The SMILES string of the molecule is CC12CCC3c4cc(O)c(C(=O)O)cc4CCC3C1CCC2=O. The highest BCUT2D eigenvalue weighted by molar-refractivity contribution is 5.91. The third-order valence-electron chi connectivity index (χ3n) is 6.78. The summed E-state index contributed by atoms with van der Waals surface area (Å²) < 4.78 is 0. The van der Waals surface area contributed by atoms with E-state index < -0.39 is 5.97 Å². The van der Waals surface area contributed by atoms with Crippen molar-refractivity contribution in [2.24, 2.45) is 17.3 Å². The van der Waals surface area contributed by atoms with Gasteiger partial charge >= 0.3 is 5.97 Å². The van der Waals surface area contributed by atoms with Gasteiger partial charge in [-0.1, -0.05) is 6.92 Å². The molecule has 1 aromatic carbocycles. The van der Waals surface area contributed by atoms with Crippen LogP contribution in [0.25, 0.3) is 0 Å². The van der Waals surface area contributed by atoms with Crippen molar-refractivity contribution in [3.63, 3.8) is 0 Å². The maximum absolute atomic E-state index is 12.3. The van der Waals surface area contributed by atoms with E-state index >= 15 is 0 Å². The fourth-order valence-electron chi connectivity index (χ4n) is 5.55. The summed E-state index contributed by atoms with van der Waals surface area (Å²) in [5, 5.41) is 19.3. The van der Waals surface area contributed by atoms with E-state index in [-0.39, 0.29) is 16.7 Å². The van der Waals surface area contributed by atoms with Crippen molar-refractivity contribution in [1.29, 1.82) is 0 Å². The molecule has 122 valence electrons. The Morgan fingerprint density at radius 1 is 1.22 bits per heavy atom. The fraction of sp³-hybridized carbons (Fsp3) is 0.579. The average molecular weight is 314 g/mol. The summed E-state index contributed by atoms with van der Waals surface area (Å²) in [5.41, 5.74) is 2.03. The van der Waals surface area contributed by atoms with Gasteiger partial charge < -0.3 is 10.2 Å². The van der Waals surface area contributed by atoms with Gasteiger partial charge in [0, 0.05) is 11.8 Å². The lowest BCUT2D eigenvalue weighted by molar-refractivity contribution is -0.129. The molecule has 0 amide bonds. The van der Waals surface area contributed by atoms with Gasteiger partial charge in [0.25, 0.3) is 0 Å². The average Bonchev–Trinajstić information content (AvgIpc) is 2.82. The van der Waals surface area contributed by atoms with E-state index in [1.165, 1.54) is 0 Å². The van der Waals surface area contributed by atoms with Crippen LogP contribution >= 0.6 is 0 Å². The van der Waals surface area contributed by atoms with Crippen LogP contribution in [0.2, 0.25) is 0 Å². The lowest BCUT2D eigenvalue weighted by Gasteiger charge is -2.48. The van der Waals surface area contributed by atoms with E-state index in [0.29, 0.717) is 30.0 Å². The second kappa shape index (κ2) is 4.83. The Balaban J connectivity index is 1.74. The Labute approximate surface area is 135 Å². The highest BCUT2D eigenvalue weighted by Gasteiger charge is 2.54. The summed E-state index contributed by atoms with van der Waals surface area (Å²) in [6.07, 6.45) is 5.44. The molecule has 0 aromatic heterocycles. The van der Waals surface area contributed by atoms with Crippen LogP contribution in [0, 0.1) is 17.3 Å². The van der Waals surface area contributed by atoms with Crippen molar-refractivity contribution >= 4 is 11.8 Å². The third-order valence-corrected chi connectivity index (χ3v) is 6.78. The quantitative estimate of drug-likeness (QED) is 0.831. The smallest absolute Gasteiger partial charge is 0.339 e. The molecule has 23 heavy (non-hydrogen) atoms. The van der Waals surface area contributed by atoms with Crippen LogP contribution in [-0.4, -0.2) is 22.0 Å². The van der Waals surface area contributed by atoms with Crippen LogP contribution in [0.5, 0.6) is 5.75 Å². The van der Waals surface area contributed by atoms with E-state index in [1.807, 2.05) is 0 Å². The first-order valence-electron chi connectivity index (χ1n) is 8.54. The molecular weight excluding hydrogens is 292 g/mol. The van der Waals surface area contributed by atoms with Crippen molar-refractivity contribution in [2.45, 2.75) is 51.4 Å². The Morgan fingerprint density at radius 2 is 2.00 bits per heavy atom. The number of fused-ring (bicyclic) bond motifs is 5. The maximum Gasteiger partial charge on any atom is 0.339 e. The number of carbonyl (C=O) groups is 2. The largest absolute Gasteiger partial charge is 0.507 e. The molecule has 4 unspecified atom stereocenters. The van der Waals surface area contributed by atoms with E-state index in [0.717, 1.165) is 43.2 Å². The number of rotatable bonds is 1. The lowest BCUT2D eigenvalue weighted by Crippen LogP contribution is -2.42. The zero-order valence-corrected chi connectivity index (χ0v) is 13.3. The van der Waals surface area contributed by atoms with Gasteiger partial charge in [0.1, 0.15) is 17.1 Å². The number of hydrogen-bond donors (Lipinski definition) is 2. The first-order chi connectivity index (χ1) is 10.9. The van der Waals surface area contributed by atoms with Gasteiger partial charge in [-0.15, -0.1) is 0 Å². The Kier molecular flexibility index (Phi) is 3.09. The number of carboxylic acids is 1. The van der Waals surface area contributed by atoms with E-state index in [1.54, 1.807) is 12.1 Å². The topological polar surface area (TPSA) is 74.6 Å². The van der Waals surface area contributed by atoms with Gasteiger partial charge in [-0.25, -0.2) is 4.79 Å². The van der Waals surface area contributed by atoms with Gasteiger partial charge in [-0.05, 0) is 73.1 Å². The summed E-state index contributed by atoms with van der Waals surface area (Å²) >= 11 is 0. The minimum absolute atomic E-state index is 0.00103. The molecule has 0 spiro atoms. The van der Waals surface area contributed by atoms with E-state index in [9.17, 15) is 19.8 Å². The van der Waals surface area contributed by atoms with Crippen LogP contribution in [0.3, 0.4) is 0 Å². The molecule has 3 aliphatic carbocycles. The van der Waals surface area contributed by atoms with Crippen molar-refractivity contribution in [3.8, 4) is 5.75 Å². The predicted molar refractivity (Wildman–Crippen MR) is 84.7 cm³/mol. The first kappa shape index (κ1) is 14.7. The number of phenols is 1. The molecule has 4 rings (SSSR count). The lowest BCUT2D eigenvalue weighted by atomic mass is 9.55. The second-order valence-electron chi connectivity index (χ2n) is 7.71. The van der Waals surface area contributed by atoms with Gasteiger partial charge in [0.15, 0.2) is 0 Å². The molecule has 0 heterocycles. The summed E-state index contributed by atoms with van der Waals surface area (Å²) in [4.78, 5) is 23.5. The summed E-state index contributed by atoms with van der Waals surface area (Å²) in [6, 6.07) is 3.33. The number of aromatic carboxylic acids is 1. The van der Waals surface area contributed by atoms with Gasteiger partial charge in [-0.2, -0.15) is 0 Å². The maximum atomic E-state index is 12.3. The molecular formula is C19H22O4. The van der Waals surface area contributed by atoms with Crippen molar-refractivity contribution in [3.05, 3.63) is 28.8 Å². The number of benzene rings is 1. The summed E-state index contributed by atoms with van der Waals surface area (Å²) in [5.74, 6) is 0.510. The van der Waals surface area contributed by atoms with Crippen molar-refractivity contribution < 1.29 is 19.8 Å². The van der Waals surface area contributed by atoms with Gasteiger partial charge in [-0.3, -0.25) is 4.79 Å². The minimum Gasteiger partial charge on any atom is -0.507 e. The van der Waals surface area contributed by atoms with Gasteiger partial charge in [0.2, 0.25) is 0 Å². The number of ketones is 1. The number of hydrogen-bond acceptors (Lipinski definition) is 3. The first-order valence-corrected chi connectivity index (χ1v) is 8.54. The molecule has 3 aliphatic rings. The minimum atomic E-state index is -1.08. The van der Waals surface area contributed by atoms with Crippen molar-refractivity contribution in [1.82, 2.24) is 0 Å². The molecule has 4 heteroatoms. The Morgan fingerprint density at radius 3 is 2.74 bits per heavy atom. The molecule has 0 aliphatic heterocycles. The molecule has 1 aromatic rings.